The number of likely N-dealkylation sites (N-methyl/N-ethyl adjacent to an activating group) is 1. The number of carbonyl (C=O) groups excluding carboxylic acids is 2. The zero-order valence-corrected chi connectivity index (χ0v) is 27.7. The molecule has 0 saturated carbocycles. The number of hydrogen-bond donors (Lipinski definition) is 2. The minimum absolute atomic E-state index is 0.0444. The molecule has 8 heteroatoms. The van der Waals surface area contributed by atoms with Gasteiger partial charge in [0.15, 0.2) is 12.1 Å². The first kappa shape index (κ1) is 33.9. The summed E-state index contributed by atoms with van der Waals surface area (Å²) in [7, 11) is 2.09. The maximum absolute atomic E-state index is 13.4. The Morgan fingerprint density at radius 2 is 1.53 bits per heavy atom. The van der Waals surface area contributed by atoms with Crippen LogP contribution in [0.2, 0.25) is 0 Å². The number of pyridine rings is 1. The summed E-state index contributed by atoms with van der Waals surface area (Å²) in [4.78, 5) is 32.0. The van der Waals surface area contributed by atoms with Gasteiger partial charge in [-0.2, -0.15) is 0 Å². The van der Waals surface area contributed by atoms with Crippen molar-refractivity contribution in [2.45, 2.75) is 44.4 Å². The van der Waals surface area contributed by atoms with E-state index in [0.717, 1.165) is 40.9 Å². The Labute approximate surface area is 287 Å². The van der Waals surface area contributed by atoms with Crippen LogP contribution < -0.4 is 5.32 Å². The summed E-state index contributed by atoms with van der Waals surface area (Å²) in [5.41, 5.74) is 6.15. The normalized spacial score (nSPS) is 19.0. The van der Waals surface area contributed by atoms with Crippen molar-refractivity contribution in [2.75, 3.05) is 25.5 Å². The molecule has 1 fully saturated rings. The van der Waals surface area contributed by atoms with E-state index in [2.05, 4.69) is 34.4 Å². The molecular weight excluding hydrogens is 614 g/mol. The maximum Gasteiger partial charge on any atom is 0.255 e. The summed E-state index contributed by atoms with van der Waals surface area (Å²) in [5, 5.41) is 12.6. The SMILES string of the molecule is CC(=O)c1cccc(NC(=O)c2cccc(C3O[C@H](CN(C)CCc4ccccn4)[C@@H](c4ccccc4)[C@H](c4ccc(CO)cc4)O3)c2)c1. The highest BCUT2D eigenvalue weighted by molar-refractivity contribution is 6.05. The molecule has 49 heavy (non-hydrogen) atoms. The lowest BCUT2D eigenvalue weighted by Crippen LogP contribution is -2.43. The monoisotopic (exact) mass is 655 g/mol. The second-order valence-corrected chi connectivity index (χ2v) is 12.4. The number of aliphatic hydroxyl groups is 1. The first-order valence-electron chi connectivity index (χ1n) is 16.5. The van der Waals surface area contributed by atoms with Crippen LogP contribution in [0.25, 0.3) is 0 Å². The lowest BCUT2D eigenvalue weighted by Gasteiger charge is -2.44. The third-order valence-corrected chi connectivity index (χ3v) is 8.89. The van der Waals surface area contributed by atoms with Gasteiger partial charge in [0.25, 0.3) is 5.91 Å². The summed E-state index contributed by atoms with van der Waals surface area (Å²) >= 11 is 0. The van der Waals surface area contributed by atoms with E-state index in [-0.39, 0.29) is 36.4 Å². The molecule has 0 aliphatic carbocycles. The van der Waals surface area contributed by atoms with Gasteiger partial charge in [0.2, 0.25) is 0 Å². The van der Waals surface area contributed by atoms with Crippen molar-refractivity contribution >= 4 is 17.4 Å². The van der Waals surface area contributed by atoms with Crippen LogP contribution in [0.15, 0.2) is 128 Å². The van der Waals surface area contributed by atoms with Gasteiger partial charge in [-0.1, -0.05) is 84.9 Å². The minimum Gasteiger partial charge on any atom is -0.392 e. The van der Waals surface area contributed by atoms with Gasteiger partial charge >= 0.3 is 0 Å². The molecule has 6 rings (SSSR count). The molecule has 1 aliphatic rings. The van der Waals surface area contributed by atoms with E-state index in [1.807, 2.05) is 79.0 Å². The molecule has 8 nitrogen and oxygen atoms in total. The Hall–Kier alpha value is -4.99. The predicted octanol–water partition coefficient (Wildman–Crippen LogP) is 7.14. The van der Waals surface area contributed by atoms with Gasteiger partial charge in [-0.3, -0.25) is 14.6 Å². The highest BCUT2D eigenvalue weighted by Gasteiger charge is 2.42. The highest BCUT2D eigenvalue weighted by Crippen LogP contribution is 2.47. The predicted molar refractivity (Wildman–Crippen MR) is 189 cm³/mol. The number of nitrogens with zero attached hydrogens (tertiary/aromatic N) is 2. The van der Waals surface area contributed by atoms with Crippen molar-refractivity contribution in [3.8, 4) is 0 Å². The van der Waals surface area contributed by atoms with Crippen LogP contribution in [0, 0.1) is 0 Å². The fourth-order valence-electron chi connectivity index (χ4n) is 6.26. The fraction of sp³-hybridized carbons (Fsp3) is 0.244. The molecule has 1 aliphatic heterocycles. The van der Waals surface area contributed by atoms with Crippen LogP contribution in [0.3, 0.4) is 0 Å². The van der Waals surface area contributed by atoms with Crippen LogP contribution in [-0.4, -0.2) is 52.9 Å². The molecular formula is C41H41N3O5. The molecule has 0 bridgehead atoms. The Bertz CT molecular complexity index is 1850. The molecule has 1 unspecified atom stereocenters. The summed E-state index contributed by atoms with van der Waals surface area (Å²) in [6, 6.07) is 38.3. The number of carbonyl (C=O) groups is 2. The second-order valence-electron chi connectivity index (χ2n) is 12.4. The topological polar surface area (TPSA) is 101 Å². The number of ketones is 1. The Morgan fingerprint density at radius 3 is 2.27 bits per heavy atom. The second kappa shape index (κ2) is 15.9. The van der Waals surface area contributed by atoms with Gasteiger partial charge in [-0.25, -0.2) is 0 Å². The molecule has 0 radical (unpaired) electrons. The van der Waals surface area contributed by atoms with Crippen LogP contribution >= 0.6 is 0 Å². The number of aliphatic hydroxyl groups excluding tert-OH is 1. The van der Waals surface area contributed by atoms with E-state index in [4.69, 9.17) is 9.47 Å². The number of aromatic nitrogens is 1. The molecule has 250 valence electrons. The zero-order valence-electron chi connectivity index (χ0n) is 27.7. The van der Waals surface area contributed by atoms with E-state index in [1.54, 1.807) is 36.4 Å². The average Bonchev–Trinajstić information content (AvgIpc) is 3.14. The number of amides is 1. The maximum atomic E-state index is 13.4. The first-order valence-corrected chi connectivity index (χ1v) is 16.5. The quantitative estimate of drug-likeness (QED) is 0.138. The van der Waals surface area contributed by atoms with Crippen molar-refractivity contribution in [2.24, 2.45) is 0 Å². The number of ether oxygens (including phenoxy) is 2. The zero-order chi connectivity index (χ0) is 34.2. The standard InChI is InChI=1S/C41H41N3O5/c1-28(46)32-12-9-16-36(25-32)43-40(47)33-13-8-14-34(24-33)41-48-37(26-44(2)23-21-35-15-6-7-22-42-35)38(30-10-4-3-5-11-30)39(49-41)31-19-17-29(27-45)18-20-31/h3-20,22,24-25,37-39,41,45H,21,23,26-27H2,1-2H3,(H,43,47)/t37-,38-,39+,41?/m1/s1. The van der Waals surface area contributed by atoms with Gasteiger partial charge in [0.1, 0.15) is 0 Å². The molecule has 4 atom stereocenters. The Balaban J connectivity index is 1.31. The number of hydrogen-bond acceptors (Lipinski definition) is 7. The summed E-state index contributed by atoms with van der Waals surface area (Å²) in [6.45, 7) is 2.87. The number of benzene rings is 4. The third kappa shape index (κ3) is 8.54. The van der Waals surface area contributed by atoms with Gasteiger partial charge in [0.05, 0.1) is 18.8 Å². The van der Waals surface area contributed by atoms with Gasteiger partial charge in [0, 0.05) is 59.7 Å². The van der Waals surface area contributed by atoms with Crippen LogP contribution in [0.4, 0.5) is 5.69 Å². The first-order chi connectivity index (χ1) is 23.9. The summed E-state index contributed by atoms with van der Waals surface area (Å²) < 4.78 is 13.7. The minimum atomic E-state index is -0.759. The number of rotatable bonds is 12. The Morgan fingerprint density at radius 1 is 0.796 bits per heavy atom. The summed E-state index contributed by atoms with van der Waals surface area (Å²) in [5.74, 6) is -0.520. The van der Waals surface area contributed by atoms with Gasteiger partial charge in [-0.15, -0.1) is 0 Å². The molecule has 1 saturated heterocycles. The van der Waals surface area contributed by atoms with E-state index in [9.17, 15) is 14.7 Å². The smallest absolute Gasteiger partial charge is 0.255 e. The van der Waals surface area contributed by atoms with E-state index >= 15 is 0 Å². The van der Waals surface area contributed by atoms with Crippen molar-refractivity contribution in [1.82, 2.24) is 9.88 Å². The molecule has 2 heterocycles. The molecule has 4 aromatic carbocycles. The van der Waals surface area contributed by atoms with E-state index in [0.29, 0.717) is 23.4 Å². The van der Waals surface area contributed by atoms with Gasteiger partial charge in [-0.05, 0) is 67.1 Å². The van der Waals surface area contributed by atoms with Crippen LogP contribution in [0.5, 0.6) is 0 Å². The number of anilines is 1. The highest BCUT2D eigenvalue weighted by atomic mass is 16.7. The Kier molecular flexibility index (Phi) is 11.0. The molecule has 0 spiro atoms. The molecule has 2 N–H and O–H groups in total. The van der Waals surface area contributed by atoms with E-state index in [1.165, 1.54) is 6.92 Å². The lowest BCUT2D eigenvalue weighted by molar-refractivity contribution is -0.263. The van der Waals surface area contributed by atoms with Crippen LogP contribution in [-0.2, 0) is 22.5 Å². The van der Waals surface area contributed by atoms with Crippen molar-refractivity contribution < 1.29 is 24.2 Å². The number of nitrogens with one attached hydrogen (secondary N) is 1. The van der Waals surface area contributed by atoms with Crippen molar-refractivity contribution in [3.05, 3.63) is 167 Å². The third-order valence-electron chi connectivity index (χ3n) is 8.89. The molecule has 5 aromatic rings. The lowest BCUT2D eigenvalue weighted by atomic mass is 9.83. The van der Waals surface area contributed by atoms with E-state index < -0.39 is 6.29 Å². The molecule has 1 aromatic heterocycles. The van der Waals surface area contributed by atoms with Crippen molar-refractivity contribution in [1.29, 1.82) is 0 Å². The van der Waals surface area contributed by atoms with Crippen molar-refractivity contribution in [3.63, 3.8) is 0 Å². The summed E-state index contributed by atoms with van der Waals surface area (Å²) in [6.07, 6.45) is 1.21. The number of Topliss-reactive ketones (excluding diaryl/α,β-unsaturated/α-hetero) is 1. The van der Waals surface area contributed by atoms with Crippen LogP contribution in [0.1, 0.15) is 73.9 Å². The largest absolute Gasteiger partial charge is 0.392 e. The average molecular weight is 656 g/mol. The fourth-order valence-corrected chi connectivity index (χ4v) is 6.26. The van der Waals surface area contributed by atoms with Gasteiger partial charge < -0.3 is 24.8 Å². The molecule has 1 amide bonds.